The first-order valence-electron chi connectivity index (χ1n) is 8.92. The Morgan fingerprint density at radius 2 is 1.86 bits per heavy atom. The molecule has 0 aromatic rings. The van der Waals surface area contributed by atoms with Crippen molar-refractivity contribution in [3.8, 4) is 0 Å². The quantitative estimate of drug-likeness (QED) is 0.808. The minimum absolute atomic E-state index is 0.0534. The van der Waals surface area contributed by atoms with Gasteiger partial charge in [-0.25, -0.2) is 0 Å². The maximum absolute atomic E-state index is 12.7. The van der Waals surface area contributed by atoms with Crippen LogP contribution in [0.1, 0.15) is 51.9 Å². The fraction of sp³-hybridized carbons (Fsp3) is 0.882. The van der Waals surface area contributed by atoms with Crippen molar-refractivity contribution in [2.75, 3.05) is 26.2 Å². The second-order valence-corrected chi connectivity index (χ2v) is 6.83. The van der Waals surface area contributed by atoms with Gasteiger partial charge in [-0.1, -0.05) is 13.3 Å². The third-order valence-corrected chi connectivity index (χ3v) is 5.32. The van der Waals surface area contributed by atoms with Gasteiger partial charge in [-0.3, -0.25) is 9.59 Å². The lowest BCUT2D eigenvalue weighted by Crippen LogP contribution is -2.48. The SMILES string of the molecule is CCC1CCC(C(=O)N2CCCC(C(=O)NCCN)C2)CC1. The normalized spacial score (nSPS) is 29.2. The first kappa shape index (κ1) is 17.3. The van der Waals surface area contributed by atoms with Gasteiger partial charge in [-0.05, 0) is 44.4 Å². The van der Waals surface area contributed by atoms with Gasteiger partial charge in [0.1, 0.15) is 0 Å². The lowest BCUT2D eigenvalue weighted by molar-refractivity contribution is -0.140. The summed E-state index contributed by atoms with van der Waals surface area (Å²) < 4.78 is 0. The number of hydrogen-bond acceptors (Lipinski definition) is 3. The topological polar surface area (TPSA) is 75.4 Å². The van der Waals surface area contributed by atoms with Gasteiger partial charge >= 0.3 is 0 Å². The number of carbonyl (C=O) groups is 2. The highest BCUT2D eigenvalue weighted by atomic mass is 16.2. The minimum atomic E-state index is -0.0590. The van der Waals surface area contributed by atoms with Crippen molar-refractivity contribution in [1.82, 2.24) is 10.2 Å². The van der Waals surface area contributed by atoms with Gasteiger partial charge in [-0.2, -0.15) is 0 Å². The zero-order chi connectivity index (χ0) is 15.9. The summed E-state index contributed by atoms with van der Waals surface area (Å²) in [6.07, 6.45) is 7.45. The van der Waals surface area contributed by atoms with Crippen molar-refractivity contribution in [2.45, 2.75) is 51.9 Å². The fourth-order valence-electron chi connectivity index (χ4n) is 3.81. The molecule has 1 aliphatic heterocycles. The molecule has 0 bridgehead atoms. The molecule has 22 heavy (non-hydrogen) atoms. The number of hydrogen-bond donors (Lipinski definition) is 2. The van der Waals surface area contributed by atoms with Crippen LogP contribution in [-0.2, 0) is 9.59 Å². The van der Waals surface area contributed by atoms with Gasteiger partial charge in [0.05, 0.1) is 5.92 Å². The number of nitrogens with zero attached hydrogens (tertiary/aromatic N) is 1. The Morgan fingerprint density at radius 1 is 1.14 bits per heavy atom. The molecule has 2 fully saturated rings. The van der Waals surface area contributed by atoms with Crippen LogP contribution in [0.4, 0.5) is 0 Å². The highest BCUT2D eigenvalue weighted by Gasteiger charge is 2.33. The minimum Gasteiger partial charge on any atom is -0.355 e. The Hall–Kier alpha value is -1.10. The molecule has 5 nitrogen and oxygen atoms in total. The van der Waals surface area contributed by atoms with Crippen molar-refractivity contribution in [3.05, 3.63) is 0 Å². The molecule has 1 unspecified atom stereocenters. The van der Waals surface area contributed by atoms with E-state index in [-0.39, 0.29) is 23.7 Å². The van der Waals surface area contributed by atoms with E-state index in [1.807, 2.05) is 4.90 Å². The van der Waals surface area contributed by atoms with Crippen LogP contribution in [0.3, 0.4) is 0 Å². The molecule has 1 saturated heterocycles. The third kappa shape index (κ3) is 4.45. The van der Waals surface area contributed by atoms with Gasteiger partial charge in [0.25, 0.3) is 0 Å². The largest absolute Gasteiger partial charge is 0.355 e. The molecular weight excluding hydrogens is 278 g/mol. The van der Waals surface area contributed by atoms with Crippen LogP contribution in [0.2, 0.25) is 0 Å². The molecule has 5 heteroatoms. The van der Waals surface area contributed by atoms with Crippen LogP contribution in [0.15, 0.2) is 0 Å². The Balaban J connectivity index is 1.83. The number of rotatable bonds is 5. The van der Waals surface area contributed by atoms with Gasteiger partial charge in [0.2, 0.25) is 11.8 Å². The number of carbonyl (C=O) groups excluding carboxylic acids is 2. The maximum Gasteiger partial charge on any atom is 0.225 e. The highest BCUT2D eigenvalue weighted by Crippen LogP contribution is 2.32. The van der Waals surface area contributed by atoms with Gasteiger partial charge in [-0.15, -0.1) is 0 Å². The average Bonchev–Trinajstić information content (AvgIpc) is 2.59. The molecule has 0 radical (unpaired) electrons. The first-order valence-corrected chi connectivity index (χ1v) is 8.92. The van der Waals surface area contributed by atoms with Crippen molar-refractivity contribution in [3.63, 3.8) is 0 Å². The van der Waals surface area contributed by atoms with Gasteiger partial charge in [0.15, 0.2) is 0 Å². The summed E-state index contributed by atoms with van der Waals surface area (Å²) in [7, 11) is 0. The van der Waals surface area contributed by atoms with Gasteiger partial charge in [0, 0.05) is 32.1 Å². The second kappa shape index (κ2) is 8.51. The summed E-state index contributed by atoms with van der Waals surface area (Å²) in [5.74, 6) is 1.27. The lowest BCUT2D eigenvalue weighted by Gasteiger charge is -2.36. The molecule has 3 N–H and O–H groups in total. The van der Waals surface area contributed by atoms with Crippen LogP contribution in [0, 0.1) is 17.8 Å². The molecule has 0 spiro atoms. The zero-order valence-corrected chi connectivity index (χ0v) is 13.9. The highest BCUT2D eigenvalue weighted by molar-refractivity contribution is 5.82. The summed E-state index contributed by atoms with van der Waals surface area (Å²) in [5, 5.41) is 2.85. The van der Waals surface area contributed by atoms with E-state index in [0.29, 0.717) is 19.6 Å². The van der Waals surface area contributed by atoms with E-state index in [1.165, 1.54) is 19.3 Å². The Morgan fingerprint density at radius 3 is 2.50 bits per heavy atom. The molecule has 1 heterocycles. The summed E-state index contributed by atoms with van der Waals surface area (Å²) in [4.78, 5) is 26.7. The Labute approximate surface area is 134 Å². The number of piperidine rings is 1. The van der Waals surface area contributed by atoms with Crippen LogP contribution < -0.4 is 11.1 Å². The Kier molecular flexibility index (Phi) is 6.68. The van der Waals surface area contributed by atoms with Crippen LogP contribution in [0.5, 0.6) is 0 Å². The third-order valence-electron chi connectivity index (χ3n) is 5.32. The fourth-order valence-corrected chi connectivity index (χ4v) is 3.81. The summed E-state index contributed by atoms with van der Waals surface area (Å²) in [6, 6.07) is 0. The monoisotopic (exact) mass is 309 g/mol. The van der Waals surface area contributed by atoms with Crippen molar-refractivity contribution >= 4 is 11.8 Å². The second-order valence-electron chi connectivity index (χ2n) is 6.83. The van der Waals surface area contributed by atoms with Crippen molar-refractivity contribution < 1.29 is 9.59 Å². The smallest absolute Gasteiger partial charge is 0.225 e. The molecule has 1 saturated carbocycles. The van der Waals surface area contributed by atoms with E-state index in [0.717, 1.165) is 38.1 Å². The van der Waals surface area contributed by atoms with Gasteiger partial charge < -0.3 is 16.0 Å². The molecule has 2 rings (SSSR count). The summed E-state index contributed by atoms with van der Waals surface area (Å²) in [6.45, 7) is 4.62. The molecule has 0 aromatic carbocycles. The summed E-state index contributed by atoms with van der Waals surface area (Å²) >= 11 is 0. The lowest BCUT2D eigenvalue weighted by atomic mass is 9.80. The van der Waals surface area contributed by atoms with Crippen molar-refractivity contribution in [1.29, 1.82) is 0 Å². The molecule has 0 aromatic heterocycles. The van der Waals surface area contributed by atoms with Crippen LogP contribution in [0.25, 0.3) is 0 Å². The van der Waals surface area contributed by atoms with E-state index >= 15 is 0 Å². The molecular formula is C17H31N3O2. The molecule has 1 aliphatic carbocycles. The van der Waals surface area contributed by atoms with E-state index in [4.69, 9.17) is 5.73 Å². The average molecular weight is 309 g/mol. The maximum atomic E-state index is 12.7. The molecule has 2 aliphatic rings. The Bertz CT molecular complexity index is 378. The molecule has 126 valence electrons. The number of amides is 2. The van der Waals surface area contributed by atoms with E-state index in [2.05, 4.69) is 12.2 Å². The standard InChI is InChI=1S/C17H31N3O2/c1-2-13-5-7-14(8-6-13)17(22)20-11-3-4-15(12-20)16(21)19-10-9-18/h13-15H,2-12,18H2,1H3,(H,19,21). The number of nitrogens with two attached hydrogens (primary N) is 1. The van der Waals surface area contributed by atoms with Crippen LogP contribution in [-0.4, -0.2) is 42.9 Å². The zero-order valence-electron chi connectivity index (χ0n) is 13.9. The molecule has 1 atom stereocenters. The predicted molar refractivity (Wildman–Crippen MR) is 87.1 cm³/mol. The number of likely N-dealkylation sites (tertiary alicyclic amines) is 1. The van der Waals surface area contributed by atoms with Crippen molar-refractivity contribution in [2.24, 2.45) is 23.5 Å². The molecule has 2 amide bonds. The first-order chi connectivity index (χ1) is 10.7. The summed E-state index contributed by atoms with van der Waals surface area (Å²) in [5.41, 5.74) is 5.42. The number of nitrogens with one attached hydrogen (secondary N) is 1. The van der Waals surface area contributed by atoms with E-state index in [9.17, 15) is 9.59 Å². The predicted octanol–water partition coefficient (Wildman–Crippen LogP) is 1.52. The van der Waals surface area contributed by atoms with E-state index < -0.39 is 0 Å². The van der Waals surface area contributed by atoms with Crippen LogP contribution >= 0.6 is 0 Å². The van der Waals surface area contributed by atoms with E-state index in [1.54, 1.807) is 0 Å².